The standard InChI is InChI=1S/C12H19F3N4O/c1-3-17-11(2,10(16)20)5-4-6-19-8-9(7-18-19)12(13,14)15/h7-8,17H,3-6H2,1-2H3,(H2,16,20). The number of alkyl halides is 3. The van der Waals surface area contributed by atoms with Gasteiger partial charge in [0.05, 0.1) is 17.3 Å². The zero-order valence-corrected chi connectivity index (χ0v) is 11.5. The number of aryl methyl sites for hydroxylation is 1. The maximum atomic E-state index is 12.4. The summed E-state index contributed by atoms with van der Waals surface area (Å²) in [5.41, 5.74) is 3.70. The summed E-state index contributed by atoms with van der Waals surface area (Å²) < 4.78 is 38.4. The monoisotopic (exact) mass is 292 g/mol. The van der Waals surface area contributed by atoms with Crippen molar-refractivity contribution in [1.29, 1.82) is 0 Å². The van der Waals surface area contributed by atoms with Crippen molar-refractivity contribution in [1.82, 2.24) is 15.1 Å². The van der Waals surface area contributed by atoms with Gasteiger partial charge in [0.1, 0.15) is 0 Å². The van der Waals surface area contributed by atoms with Gasteiger partial charge in [0, 0.05) is 12.7 Å². The van der Waals surface area contributed by atoms with Crippen molar-refractivity contribution in [2.75, 3.05) is 6.54 Å². The highest BCUT2D eigenvalue weighted by Crippen LogP contribution is 2.28. The van der Waals surface area contributed by atoms with Crippen LogP contribution in [0.3, 0.4) is 0 Å². The molecule has 3 N–H and O–H groups in total. The minimum Gasteiger partial charge on any atom is -0.368 e. The van der Waals surface area contributed by atoms with E-state index < -0.39 is 23.2 Å². The number of nitrogens with zero attached hydrogens (tertiary/aromatic N) is 2. The van der Waals surface area contributed by atoms with E-state index in [1.807, 2.05) is 6.92 Å². The zero-order valence-electron chi connectivity index (χ0n) is 11.5. The summed E-state index contributed by atoms with van der Waals surface area (Å²) in [5, 5.41) is 6.64. The van der Waals surface area contributed by atoms with E-state index in [0.717, 1.165) is 12.4 Å². The summed E-state index contributed by atoms with van der Waals surface area (Å²) in [4.78, 5) is 11.4. The van der Waals surface area contributed by atoms with Gasteiger partial charge in [-0.3, -0.25) is 9.48 Å². The van der Waals surface area contributed by atoms with Crippen LogP contribution in [0.15, 0.2) is 12.4 Å². The van der Waals surface area contributed by atoms with Gasteiger partial charge in [0.2, 0.25) is 5.91 Å². The zero-order chi connectivity index (χ0) is 15.4. The maximum Gasteiger partial charge on any atom is 0.419 e. The van der Waals surface area contributed by atoms with E-state index in [4.69, 9.17) is 5.73 Å². The summed E-state index contributed by atoms with van der Waals surface area (Å²) in [6.45, 7) is 4.41. The molecule has 1 unspecified atom stereocenters. The maximum absolute atomic E-state index is 12.4. The van der Waals surface area contributed by atoms with Crippen molar-refractivity contribution in [3.05, 3.63) is 18.0 Å². The summed E-state index contributed by atoms with van der Waals surface area (Å²) in [7, 11) is 0. The topological polar surface area (TPSA) is 72.9 Å². The SMILES string of the molecule is CCNC(C)(CCCn1cc(C(F)(F)F)cn1)C(N)=O. The number of halogens is 3. The molecule has 0 aliphatic heterocycles. The molecule has 0 aromatic carbocycles. The van der Waals surface area contributed by atoms with Gasteiger partial charge >= 0.3 is 6.18 Å². The number of aromatic nitrogens is 2. The molecule has 114 valence electrons. The lowest BCUT2D eigenvalue weighted by Gasteiger charge is -2.26. The van der Waals surface area contributed by atoms with Crippen molar-refractivity contribution < 1.29 is 18.0 Å². The lowest BCUT2D eigenvalue weighted by molar-refractivity contribution is -0.137. The molecular weight excluding hydrogens is 273 g/mol. The third-order valence-corrected chi connectivity index (χ3v) is 3.14. The number of carbonyl (C=O) groups excluding carboxylic acids is 1. The third kappa shape index (κ3) is 4.22. The Balaban J connectivity index is 2.55. The molecule has 1 atom stereocenters. The smallest absolute Gasteiger partial charge is 0.368 e. The fraction of sp³-hybridized carbons (Fsp3) is 0.667. The van der Waals surface area contributed by atoms with E-state index in [1.54, 1.807) is 6.92 Å². The fourth-order valence-corrected chi connectivity index (χ4v) is 1.92. The highest BCUT2D eigenvalue weighted by molar-refractivity contribution is 5.84. The van der Waals surface area contributed by atoms with E-state index >= 15 is 0 Å². The Hall–Kier alpha value is -1.57. The molecule has 0 aliphatic rings. The van der Waals surface area contributed by atoms with Gasteiger partial charge in [-0.15, -0.1) is 0 Å². The quantitative estimate of drug-likeness (QED) is 0.800. The minimum absolute atomic E-state index is 0.296. The molecule has 0 aliphatic carbocycles. The molecule has 0 fully saturated rings. The van der Waals surface area contributed by atoms with Crippen LogP contribution in [0.2, 0.25) is 0 Å². The van der Waals surface area contributed by atoms with Gasteiger partial charge in [-0.05, 0) is 26.3 Å². The second-order valence-electron chi connectivity index (χ2n) is 4.82. The molecule has 1 amide bonds. The molecule has 1 aromatic heterocycles. The van der Waals surface area contributed by atoms with Crippen LogP contribution in [0, 0.1) is 0 Å². The van der Waals surface area contributed by atoms with Crippen LogP contribution >= 0.6 is 0 Å². The van der Waals surface area contributed by atoms with E-state index in [0.29, 0.717) is 25.9 Å². The van der Waals surface area contributed by atoms with Crippen LogP contribution in [-0.4, -0.2) is 27.8 Å². The lowest BCUT2D eigenvalue weighted by atomic mass is 9.95. The molecule has 1 aromatic rings. The molecule has 0 spiro atoms. The molecule has 1 heterocycles. The average molecular weight is 292 g/mol. The number of nitrogens with one attached hydrogen (secondary N) is 1. The van der Waals surface area contributed by atoms with Crippen LogP contribution in [-0.2, 0) is 17.5 Å². The molecule has 0 saturated carbocycles. The van der Waals surface area contributed by atoms with Crippen LogP contribution in [0.5, 0.6) is 0 Å². The number of nitrogens with two attached hydrogens (primary N) is 1. The highest BCUT2D eigenvalue weighted by atomic mass is 19.4. The number of hydrogen-bond donors (Lipinski definition) is 2. The number of rotatable bonds is 7. The Bertz CT molecular complexity index is 458. The van der Waals surface area contributed by atoms with Crippen LogP contribution in [0.1, 0.15) is 32.3 Å². The Morgan fingerprint density at radius 2 is 2.15 bits per heavy atom. The van der Waals surface area contributed by atoms with Gasteiger partial charge in [0.25, 0.3) is 0 Å². The Morgan fingerprint density at radius 1 is 1.50 bits per heavy atom. The van der Waals surface area contributed by atoms with Crippen LogP contribution in [0.4, 0.5) is 13.2 Å². The first-order valence-corrected chi connectivity index (χ1v) is 6.33. The van der Waals surface area contributed by atoms with Gasteiger partial charge in [-0.1, -0.05) is 6.92 Å². The third-order valence-electron chi connectivity index (χ3n) is 3.14. The number of likely N-dealkylation sites (N-methyl/N-ethyl adjacent to an activating group) is 1. The highest BCUT2D eigenvalue weighted by Gasteiger charge is 2.32. The number of hydrogen-bond acceptors (Lipinski definition) is 3. The summed E-state index contributed by atoms with van der Waals surface area (Å²) in [6, 6.07) is 0. The van der Waals surface area contributed by atoms with Gasteiger partial charge in [-0.25, -0.2) is 0 Å². The molecule has 0 bridgehead atoms. The van der Waals surface area contributed by atoms with Crippen molar-refractivity contribution in [3.63, 3.8) is 0 Å². The summed E-state index contributed by atoms with van der Waals surface area (Å²) >= 11 is 0. The molecule has 0 saturated heterocycles. The lowest BCUT2D eigenvalue weighted by Crippen LogP contribution is -2.53. The Morgan fingerprint density at radius 3 is 2.60 bits per heavy atom. The number of amides is 1. The average Bonchev–Trinajstić information content (AvgIpc) is 2.77. The fourth-order valence-electron chi connectivity index (χ4n) is 1.92. The molecular formula is C12H19F3N4O. The van der Waals surface area contributed by atoms with Gasteiger partial charge in [-0.2, -0.15) is 18.3 Å². The van der Waals surface area contributed by atoms with E-state index in [2.05, 4.69) is 10.4 Å². The van der Waals surface area contributed by atoms with Crippen molar-refractivity contribution in [2.24, 2.45) is 5.73 Å². The normalized spacial score (nSPS) is 15.1. The minimum atomic E-state index is -4.39. The van der Waals surface area contributed by atoms with Gasteiger partial charge < -0.3 is 11.1 Å². The van der Waals surface area contributed by atoms with Gasteiger partial charge in [0.15, 0.2) is 0 Å². The second-order valence-corrected chi connectivity index (χ2v) is 4.82. The molecule has 8 heteroatoms. The number of primary amides is 1. The summed E-state index contributed by atoms with van der Waals surface area (Å²) in [5.74, 6) is -0.476. The first kappa shape index (κ1) is 16.5. The van der Waals surface area contributed by atoms with Crippen molar-refractivity contribution in [3.8, 4) is 0 Å². The van der Waals surface area contributed by atoms with Crippen LogP contribution < -0.4 is 11.1 Å². The second kappa shape index (κ2) is 6.25. The Kier molecular flexibility index (Phi) is 5.15. The van der Waals surface area contributed by atoms with Crippen molar-refractivity contribution >= 4 is 5.91 Å². The van der Waals surface area contributed by atoms with E-state index in [1.165, 1.54) is 4.68 Å². The van der Waals surface area contributed by atoms with E-state index in [-0.39, 0.29) is 0 Å². The molecule has 5 nitrogen and oxygen atoms in total. The Labute approximate surface area is 115 Å². The van der Waals surface area contributed by atoms with Crippen molar-refractivity contribution in [2.45, 2.75) is 44.9 Å². The predicted octanol–water partition coefficient (Wildman–Crippen LogP) is 1.54. The largest absolute Gasteiger partial charge is 0.419 e. The van der Waals surface area contributed by atoms with Crippen LogP contribution in [0.25, 0.3) is 0 Å². The first-order chi connectivity index (χ1) is 9.19. The molecule has 0 radical (unpaired) electrons. The molecule has 20 heavy (non-hydrogen) atoms. The summed E-state index contributed by atoms with van der Waals surface area (Å²) in [6.07, 6.45) is -1.72. The number of carbonyl (C=O) groups is 1. The predicted molar refractivity (Wildman–Crippen MR) is 67.7 cm³/mol. The molecule has 1 rings (SSSR count). The first-order valence-electron chi connectivity index (χ1n) is 6.33. The van der Waals surface area contributed by atoms with E-state index in [9.17, 15) is 18.0 Å².